The van der Waals surface area contributed by atoms with Gasteiger partial charge in [-0.3, -0.25) is 9.69 Å². The molecule has 3 amide bonds. The molecule has 1 heterocycles. The maximum absolute atomic E-state index is 12.1. The lowest BCUT2D eigenvalue weighted by Gasteiger charge is -2.19. The van der Waals surface area contributed by atoms with Gasteiger partial charge in [0.25, 0.3) is 0 Å². The summed E-state index contributed by atoms with van der Waals surface area (Å²) in [5.41, 5.74) is 7.10. The first kappa shape index (κ1) is 12.2. The summed E-state index contributed by atoms with van der Waals surface area (Å²) in [4.78, 5) is 26.5. The second-order valence-electron chi connectivity index (χ2n) is 4.09. The fourth-order valence-electron chi connectivity index (χ4n) is 1.94. The second kappa shape index (κ2) is 4.95. The number of nitrogens with zero attached hydrogens (tertiary/aromatic N) is 2. The summed E-state index contributed by atoms with van der Waals surface area (Å²) >= 11 is 0. The highest BCUT2D eigenvalue weighted by Gasteiger charge is 2.31. The molecule has 0 atom stereocenters. The third kappa shape index (κ3) is 2.22. The van der Waals surface area contributed by atoms with Crippen LogP contribution in [0.1, 0.15) is 0 Å². The van der Waals surface area contributed by atoms with Crippen molar-refractivity contribution in [1.82, 2.24) is 10.2 Å². The topological polar surface area (TPSA) is 78.7 Å². The lowest BCUT2D eigenvalue weighted by molar-refractivity contribution is -0.121. The highest BCUT2D eigenvalue weighted by molar-refractivity contribution is 5.98. The van der Waals surface area contributed by atoms with Crippen LogP contribution >= 0.6 is 0 Å². The first-order valence-corrected chi connectivity index (χ1v) is 5.75. The van der Waals surface area contributed by atoms with Gasteiger partial charge < -0.3 is 16.0 Å². The molecule has 0 radical (unpaired) electrons. The second-order valence-corrected chi connectivity index (χ2v) is 4.09. The van der Waals surface area contributed by atoms with Crippen LogP contribution in [0, 0.1) is 0 Å². The third-order valence-electron chi connectivity index (χ3n) is 2.94. The number of carbonyl (C=O) groups excluding carboxylic acids is 2. The molecule has 1 aliphatic rings. The average Bonchev–Trinajstić information content (AvgIpc) is 2.72. The summed E-state index contributed by atoms with van der Waals surface area (Å²) in [6, 6.07) is 7.03. The predicted molar refractivity (Wildman–Crippen MR) is 69.2 cm³/mol. The molecule has 0 bridgehead atoms. The number of nitrogens with one attached hydrogen (secondary N) is 1. The van der Waals surface area contributed by atoms with Crippen molar-refractivity contribution in [2.45, 2.75) is 0 Å². The maximum Gasteiger partial charge on any atom is 0.325 e. The predicted octanol–water partition coefficient (Wildman–Crippen LogP) is 0.257. The van der Waals surface area contributed by atoms with Gasteiger partial charge in [0.1, 0.15) is 6.54 Å². The molecule has 0 aromatic heterocycles. The van der Waals surface area contributed by atoms with Crippen LogP contribution in [0.2, 0.25) is 0 Å². The van der Waals surface area contributed by atoms with Gasteiger partial charge in [-0.1, -0.05) is 12.1 Å². The van der Waals surface area contributed by atoms with Gasteiger partial charge in [0.15, 0.2) is 0 Å². The van der Waals surface area contributed by atoms with E-state index < -0.39 is 0 Å². The van der Waals surface area contributed by atoms with Crippen LogP contribution in [-0.4, -0.2) is 43.5 Å². The van der Waals surface area contributed by atoms with E-state index in [4.69, 9.17) is 5.73 Å². The number of carbonyl (C=O) groups is 2. The minimum Gasteiger partial charge on any atom is -0.397 e. The van der Waals surface area contributed by atoms with Crippen LogP contribution < -0.4 is 16.0 Å². The van der Waals surface area contributed by atoms with Gasteiger partial charge in [-0.15, -0.1) is 0 Å². The van der Waals surface area contributed by atoms with E-state index in [2.05, 4.69) is 5.32 Å². The molecule has 1 aromatic rings. The monoisotopic (exact) mass is 248 g/mol. The molecule has 6 heteroatoms. The van der Waals surface area contributed by atoms with E-state index in [1.807, 2.05) is 12.1 Å². The number of benzene rings is 1. The van der Waals surface area contributed by atoms with Crippen LogP contribution in [0.5, 0.6) is 0 Å². The molecular formula is C12H16N4O2. The Labute approximate surface area is 105 Å². The molecule has 0 saturated carbocycles. The van der Waals surface area contributed by atoms with Gasteiger partial charge in [-0.25, -0.2) is 4.79 Å². The Morgan fingerprint density at radius 3 is 2.78 bits per heavy atom. The number of hydrogen-bond donors (Lipinski definition) is 2. The highest BCUT2D eigenvalue weighted by atomic mass is 16.2. The highest BCUT2D eigenvalue weighted by Crippen LogP contribution is 2.25. The normalized spacial score (nSPS) is 15.1. The molecular weight excluding hydrogens is 232 g/mol. The summed E-state index contributed by atoms with van der Waals surface area (Å²) in [6.45, 7) is 1.16. The molecule has 1 aromatic carbocycles. The number of amides is 3. The molecule has 0 unspecified atom stereocenters. The zero-order valence-electron chi connectivity index (χ0n) is 10.2. The van der Waals surface area contributed by atoms with Crippen LogP contribution in [0.3, 0.4) is 0 Å². The number of nitrogen functional groups attached to an aromatic ring is 1. The molecule has 1 aliphatic heterocycles. The van der Waals surface area contributed by atoms with Crippen molar-refractivity contribution >= 4 is 23.3 Å². The molecule has 0 aliphatic carbocycles. The Morgan fingerprint density at radius 2 is 2.11 bits per heavy atom. The van der Waals surface area contributed by atoms with Crippen molar-refractivity contribution in [1.29, 1.82) is 0 Å². The van der Waals surface area contributed by atoms with Gasteiger partial charge >= 0.3 is 6.03 Å². The summed E-state index contributed by atoms with van der Waals surface area (Å²) in [7, 11) is 1.55. The van der Waals surface area contributed by atoms with Crippen LogP contribution in [0.25, 0.3) is 0 Å². The Hall–Kier alpha value is -2.24. The van der Waals surface area contributed by atoms with E-state index in [0.29, 0.717) is 24.5 Å². The standard InChI is InChI=1S/C12H16N4O2/c1-14-11(17)8-15-6-7-16(12(15)18)10-5-3-2-4-9(10)13/h2-5H,6-8,13H2,1H3,(H,14,17). The average molecular weight is 248 g/mol. The van der Waals surface area contributed by atoms with E-state index in [-0.39, 0.29) is 18.5 Å². The zero-order chi connectivity index (χ0) is 13.1. The minimum absolute atomic E-state index is 0.0819. The number of para-hydroxylation sites is 2. The Morgan fingerprint density at radius 1 is 1.39 bits per heavy atom. The van der Waals surface area contributed by atoms with Gasteiger partial charge in [-0.2, -0.15) is 0 Å². The number of likely N-dealkylation sites (N-methyl/N-ethyl adjacent to an activating group) is 1. The maximum atomic E-state index is 12.1. The molecule has 96 valence electrons. The van der Waals surface area contributed by atoms with Crippen molar-refractivity contribution in [2.24, 2.45) is 0 Å². The van der Waals surface area contributed by atoms with Gasteiger partial charge in [0.2, 0.25) is 5.91 Å². The fraction of sp³-hybridized carbons (Fsp3) is 0.333. The van der Waals surface area contributed by atoms with E-state index in [1.165, 1.54) is 4.90 Å². The first-order chi connectivity index (χ1) is 8.63. The van der Waals surface area contributed by atoms with Crippen LogP contribution in [-0.2, 0) is 4.79 Å². The van der Waals surface area contributed by atoms with Gasteiger partial charge in [-0.05, 0) is 12.1 Å². The largest absolute Gasteiger partial charge is 0.397 e. The SMILES string of the molecule is CNC(=O)CN1CCN(c2ccccc2N)C1=O. The Balaban J connectivity index is 2.12. The van der Waals surface area contributed by atoms with Crippen molar-refractivity contribution in [2.75, 3.05) is 37.3 Å². The van der Waals surface area contributed by atoms with Gasteiger partial charge in [0, 0.05) is 20.1 Å². The number of anilines is 2. The van der Waals surface area contributed by atoms with Crippen molar-refractivity contribution in [3.63, 3.8) is 0 Å². The van der Waals surface area contributed by atoms with Crippen molar-refractivity contribution in [3.8, 4) is 0 Å². The number of hydrogen-bond acceptors (Lipinski definition) is 3. The van der Waals surface area contributed by atoms with E-state index >= 15 is 0 Å². The molecule has 6 nitrogen and oxygen atoms in total. The quantitative estimate of drug-likeness (QED) is 0.753. The summed E-state index contributed by atoms with van der Waals surface area (Å²) in [5, 5.41) is 2.50. The lowest BCUT2D eigenvalue weighted by Crippen LogP contribution is -2.38. The lowest BCUT2D eigenvalue weighted by atomic mass is 10.2. The van der Waals surface area contributed by atoms with Crippen molar-refractivity contribution in [3.05, 3.63) is 24.3 Å². The number of urea groups is 1. The summed E-state index contributed by atoms with van der Waals surface area (Å²) in [5.74, 6) is -0.175. The molecule has 1 fully saturated rings. The van der Waals surface area contributed by atoms with Gasteiger partial charge in [0.05, 0.1) is 11.4 Å². The smallest absolute Gasteiger partial charge is 0.325 e. The summed E-state index contributed by atoms with van der Waals surface area (Å²) < 4.78 is 0. The zero-order valence-corrected chi connectivity index (χ0v) is 10.2. The van der Waals surface area contributed by atoms with E-state index in [1.54, 1.807) is 24.1 Å². The van der Waals surface area contributed by atoms with E-state index in [0.717, 1.165) is 0 Å². The third-order valence-corrected chi connectivity index (χ3v) is 2.94. The molecule has 18 heavy (non-hydrogen) atoms. The number of nitrogens with two attached hydrogens (primary N) is 1. The summed E-state index contributed by atoms with van der Waals surface area (Å²) in [6.07, 6.45) is 0. The molecule has 0 spiro atoms. The molecule has 3 N–H and O–H groups in total. The fourth-order valence-corrected chi connectivity index (χ4v) is 1.94. The Bertz CT molecular complexity index is 475. The minimum atomic E-state index is -0.184. The Kier molecular flexibility index (Phi) is 3.36. The van der Waals surface area contributed by atoms with Crippen LogP contribution in [0.4, 0.5) is 16.2 Å². The molecule has 2 rings (SSSR count). The molecule has 1 saturated heterocycles. The number of rotatable bonds is 3. The first-order valence-electron chi connectivity index (χ1n) is 5.75. The van der Waals surface area contributed by atoms with Crippen LogP contribution in [0.15, 0.2) is 24.3 Å². The van der Waals surface area contributed by atoms with E-state index in [9.17, 15) is 9.59 Å². The van der Waals surface area contributed by atoms with Crippen molar-refractivity contribution < 1.29 is 9.59 Å².